The first-order valence-corrected chi connectivity index (χ1v) is 7.10. The number of carbonyl (C=O) groups excluding carboxylic acids is 1. The van der Waals surface area contributed by atoms with Crippen LogP contribution in [0.15, 0.2) is 0 Å². The van der Waals surface area contributed by atoms with E-state index in [4.69, 9.17) is 9.47 Å². The number of nitrogens with one attached hydrogen (secondary N) is 1. The van der Waals surface area contributed by atoms with Crippen LogP contribution in [0.25, 0.3) is 0 Å². The van der Waals surface area contributed by atoms with Crippen molar-refractivity contribution in [2.24, 2.45) is 0 Å². The summed E-state index contributed by atoms with van der Waals surface area (Å²) in [5.74, 6) is 0. The Balaban J connectivity index is 1.65. The molecular weight excluding hydrogens is 244 g/mol. The minimum Gasteiger partial charge on any atom is -0.444 e. The fourth-order valence-corrected chi connectivity index (χ4v) is 2.44. The minimum atomic E-state index is -0.415. The zero-order valence-electron chi connectivity index (χ0n) is 12.5. The fraction of sp³-hybridized carbons (Fsp3) is 0.929. The van der Waals surface area contributed by atoms with Gasteiger partial charge < -0.3 is 19.7 Å². The summed E-state index contributed by atoms with van der Waals surface area (Å²) in [6.45, 7) is 8.01. The number of carbonyl (C=O) groups is 1. The lowest BCUT2D eigenvalue weighted by molar-refractivity contribution is -0.0742. The van der Waals surface area contributed by atoms with Crippen molar-refractivity contribution < 1.29 is 14.3 Å². The van der Waals surface area contributed by atoms with Crippen molar-refractivity contribution in [3.63, 3.8) is 0 Å². The first kappa shape index (κ1) is 14.6. The zero-order chi connectivity index (χ0) is 14.1. The van der Waals surface area contributed by atoms with E-state index in [1.54, 1.807) is 12.0 Å². The normalized spacial score (nSPS) is 22.6. The highest BCUT2D eigenvalue weighted by atomic mass is 16.6. The summed E-state index contributed by atoms with van der Waals surface area (Å²) in [6.07, 6.45) is 3.32. The molecule has 1 aliphatic heterocycles. The second-order valence-corrected chi connectivity index (χ2v) is 6.70. The van der Waals surface area contributed by atoms with E-state index >= 15 is 0 Å². The number of nitrogens with zero attached hydrogens (tertiary/aromatic N) is 1. The third-order valence-electron chi connectivity index (χ3n) is 3.94. The molecule has 1 saturated heterocycles. The largest absolute Gasteiger partial charge is 0.444 e. The van der Waals surface area contributed by atoms with Crippen LogP contribution in [0.5, 0.6) is 0 Å². The molecule has 0 spiro atoms. The molecule has 2 aliphatic rings. The Kier molecular flexibility index (Phi) is 4.06. The van der Waals surface area contributed by atoms with E-state index in [0.29, 0.717) is 6.04 Å². The average molecular weight is 270 g/mol. The third kappa shape index (κ3) is 3.60. The zero-order valence-corrected chi connectivity index (χ0v) is 12.5. The maximum atomic E-state index is 11.8. The van der Waals surface area contributed by atoms with Gasteiger partial charge >= 0.3 is 6.09 Å². The van der Waals surface area contributed by atoms with Gasteiger partial charge in [-0.3, -0.25) is 0 Å². The molecule has 1 aliphatic carbocycles. The van der Waals surface area contributed by atoms with Crippen molar-refractivity contribution >= 4 is 6.09 Å². The van der Waals surface area contributed by atoms with Gasteiger partial charge in [-0.1, -0.05) is 0 Å². The van der Waals surface area contributed by atoms with Crippen molar-refractivity contribution in [1.29, 1.82) is 0 Å². The first-order chi connectivity index (χ1) is 8.84. The van der Waals surface area contributed by atoms with Crippen molar-refractivity contribution in [2.45, 2.75) is 57.3 Å². The van der Waals surface area contributed by atoms with Gasteiger partial charge in [-0.15, -0.1) is 0 Å². The predicted molar refractivity (Wildman–Crippen MR) is 73.2 cm³/mol. The van der Waals surface area contributed by atoms with Crippen molar-refractivity contribution in [1.82, 2.24) is 10.2 Å². The molecule has 0 aromatic heterocycles. The molecule has 0 atom stereocenters. The summed E-state index contributed by atoms with van der Waals surface area (Å²) in [7, 11) is 1.79. The SMILES string of the molecule is COC1(CNC2CN(C(=O)OC(C)(C)C)C2)CCC1. The van der Waals surface area contributed by atoms with E-state index < -0.39 is 5.60 Å². The molecule has 5 heteroatoms. The predicted octanol–water partition coefficient (Wildman–Crippen LogP) is 1.76. The Morgan fingerprint density at radius 1 is 1.37 bits per heavy atom. The number of ether oxygens (including phenoxy) is 2. The molecule has 1 N–H and O–H groups in total. The van der Waals surface area contributed by atoms with Gasteiger partial charge in [0.05, 0.1) is 5.60 Å². The number of amides is 1. The first-order valence-electron chi connectivity index (χ1n) is 7.10. The highest BCUT2D eigenvalue weighted by Crippen LogP contribution is 2.34. The highest BCUT2D eigenvalue weighted by Gasteiger charge is 2.39. The fourth-order valence-electron chi connectivity index (χ4n) is 2.44. The van der Waals surface area contributed by atoms with Crippen LogP contribution in [-0.2, 0) is 9.47 Å². The van der Waals surface area contributed by atoms with Crippen LogP contribution in [0, 0.1) is 0 Å². The van der Waals surface area contributed by atoms with E-state index in [0.717, 1.165) is 32.5 Å². The maximum Gasteiger partial charge on any atom is 0.410 e. The lowest BCUT2D eigenvalue weighted by Crippen LogP contribution is -2.63. The standard InChI is InChI=1S/C14H26N2O3/c1-13(2,3)19-12(17)16-8-11(9-16)15-10-14(18-4)6-5-7-14/h11,15H,5-10H2,1-4H3. The number of likely N-dealkylation sites (tertiary alicyclic amines) is 1. The molecule has 0 aromatic carbocycles. The van der Waals surface area contributed by atoms with Crippen molar-refractivity contribution in [3.8, 4) is 0 Å². The molecule has 1 saturated carbocycles. The van der Waals surface area contributed by atoms with Crippen LogP contribution in [0.4, 0.5) is 4.79 Å². The summed E-state index contributed by atoms with van der Waals surface area (Å²) in [5, 5.41) is 3.49. The Labute approximate surface area is 115 Å². The van der Waals surface area contributed by atoms with Gasteiger partial charge in [-0.25, -0.2) is 4.79 Å². The van der Waals surface area contributed by atoms with E-state index in [1.165, 1.54) is 6.42 Å². The van der Waals surface area contributed by atoms with E-state index in [2.05, 4.69) is 5.32 Å². The topological polar surface area (TPSA) is 50.8 Å². The van der Waals surface area contributed by atoms with Crippen LogP contribution in [-0.4, -0.2) is 55.0 Å². The molecule has 2 rings (SSSR count). The summed E-state index contributed by atoms with van der Waals surface area (Å²) < 4.78 is 10.9. The van der Waals surface area contributed by atoms with Crippen LogP contribution in [0.2, 0.25) is 0 Å². The molecule has 5 nitrogen and oxygen atoms in total. The molecule has 110 valence electrons. The number of methoxy groups -OCH3 is 1. The van der Waals surface area contributed by atoms with Crippen LogP contribution >= 0.6 is 0 Å². The number of hydrogen-bond donors (Lipinski definition) is 1. The number of hydrogen-bond acceptors (Lipinski definition) is 4. The summed E-state index contributed by atoms with van der Waals surface area (Å²) in [4.78, 5) is 13.5. The monoisotopic (exact) mass is 270 g/mol. The van der Waals surface area contributed by atoms with Gasteiger partial charge in [0.15, 0.2) is 0 Å². The molecule has 19 heavy (non-hydrogen) atoms. The lowest BCUT2D eigenvalue weighted by Gasteiger charge is -2.45. The Bertz CT molecular complexity index is 323. The summed E-state index contributed by atoms with van der Waals surface area (Å²) >= 11 is 0. The van der Waals surface area contributed by atoms with Gasteiger partial charge in [0.25, 0.3) is 0 Å². The molecule has 1 amide bonds. The quantitative estimate of drug-likeness (QED) is 0.846. The van der Waals surface area contributed by atoms with Gasteiger partial charge in [0.1, 0.15) is 5.60 Å². The van der Waals surface area contributed by atoms with Gasteiger partial charge in [-0.05, 0) is 40.0 Å². The van der Waals surface area contributed by atoms with Crippen molar-refractivity contribution in [3.05, 3.63) is 0 Å². The van der Waals surface area contributed by atoms with Crippen molar-refractivity contribution in [2.75, 3.05) is 26.7 Å². The minimum absolute atomic E-state index is 0.0480. The van der Waals surface area contributed by atoms with Gasteiger partial charge in [0.2, 0.25) is 0 Å². The molecule has 2 fully saturated rings. The molecule has 0 unspecified atom stereocenters. The smallest absolute Gasteiger partial charge is 0.410 e. The van der Waals surface area contributed by atoms with Gasteiger partial charge in [-0.2, -0.15) is 0 Å². The Hall–Kier alpha value is -0.810. The molecule has 0 bridgehead atoms. The summed E-state index contributed by atoms with van der Waals surface area (Å²) in [6, 6.07) is 0.375. The van der Waals surface area contributed by atoms with Gasteiger partial charge in [0, 0.05) is 32.8 Å². The van der Waals surface area contributed by atoms with Crippen LogP contribution < -0.4 is 5.32 Å². The Morgan fingerprint density at radius 3 is 2.42 bits per heavy atom. The summed E-state index contributed by atoms with van der Waals surface area (Å²) in [5.41, 5.74) is -0.367. The number of rotatable bonds is 4. The lowest BCUT2D eigenvalue weighted by atomic mass is 9.79. The van der Waals surface area contributed by atoms with E-state index in [9.17, 15) is 4.79 Å². The third-order valence-corrected chi connectivity index (χ3v) is 3.94. The van der Waals surface area contributed by atoms with Crippen LogP contribution in [0.1, 0.15) is 40.0 Å². The second kappa shape index (κ2) is 5.29. The highest BCUT2D eigenvalue weighted by molar-refractivity contribution is 5.69. The average Bonchev–Trinajstić information content (AvgIpc) is 2.16. The van der Waals surface area contributed by atoms with E-state index in [-0.39, 0.29) is 11.7 Å². The molecule has 0 aromatic rings. The molecule has 1 heterocycles. The molecule has 0 radical (unpaired) electrons. The molecular formula is C14H26N2O3. The Morgan fingerprint density at radius 2 is 2.00 bits per heavy atom. The maximum absolute atomic E-state index is 11.8. The second-order valence-electron chi connectivity index (χ2n) is 6.70. The van der Waals surface area contributed by atoms with E-state index in [1.807, 2.05) is 20.8 Å². The van der Waals surface area contributed by atoms with Crippen LogP contribution in [0.3, 0.4) is 0 Å².